The number of carbonyl (C=O) groups excluding carboxylic acids is 1. The van der Waals surface area contributed by atoms with Crippen molar-refractivity contribution in [3.05, 3.63) is 34.6 Å². The molecular formula is C14H18ClFN2O2. The van der Waals surface area contributed by atoms with Gasteiger partial charge in [0.1, 0.15) is 11.9 Å². The van der Waals surface area contributed by atoms with Gasteiger partial charge in [-0.15, -0.1) is 0 Å². The second kappa shape index (κ2) is 7.02. The maximum absolute atomic E-state index is 14.1. The largest absolute Gasteiger partial charge is 0.468 e. The van der Waals surface area contributed by atoms with Crippen molar-refractivity contribution in [3.8, 4) is 0 Å². The molecule has 4 nitrogen and oxygen atoms in total. The van der Waals surface area contributed by atoms with Crippen LogP contribution >= 0.6 is 11.6 Å². The number of rotatable bonds is 3. The van der Waals surface area contributed by atoms with E-state index < -0.39 is 17.8 Å². The van der Waals surface area contributed by atoms with E-state index in [1.165, 1.54) is 25.3 Å². The molecule has 6 heteroatoms. The fraction of sp³-hybridized carbons (Fsp3) is 0.500. The summed E-state index contributed by atoms with van der Waals surface area (Å²) >= 11 is 5.93. The molecule has 1 unspecified atom stereocenters. The molecule has 0 saturated carbocycles. The topological polar surface area (TPSA) is 41.6 Å². The van der Waals surface area contributed by atoms with Crippen molar-refractivity contribution in [3.63, 3.8) is 0 Å². The summed E-state index contributed by atoms with van der Waals surface area (Å²) in [5.74, 6) is -0.907. The van der Waals surface area contributed by atoms with E-state index in [0.29, 0.717) is 18.1 Å². The van der Waals surface area contributed by atoms with Gasteiger partial charge in [0, 0.05) is 30.2 Å². The lowest BCUT2D eigenvalue weighted by molar-refractivity contribution is -0.147. The van der Waals surface area contributed by atoms with Crippen molar-refractivity contribution in [2.45, 2.75) is 12.5 Å². The number of nitrogens with zero attached hydrogens (tertiary/aromatic N) is 1. The van der Waals surface area contributed by atoms with Crippen LogP contribution in [0.1, 0.15) is 18.0 Å². The highest BCUT2D eigenvalue weighted by atomic mass is 35.5. The number of esters is 1. The molecular weight excluding hydrogens is 283 g/mol. The van der Waals surface area contributed by atoms with Crippen molar-refractivity contribution in [2.75, 3.05) is 33.3 Å². The number of nitrogens with one attached hydrogen (secondary N) is 1. The second-order valence-corrected chi connectivity index (χ2v) is 5.17. The Morgan fingerprint density at radius 1 is 1.45 bits per heavy atom. The zero-order valence-electron chi connectivity index (χ0n) is 11.4. The molecule has 2 rings (SSSR count). The van der Waals surface area contributed by atoms with Crippen molar-refractivity contribution < 1.29 is 13.9 Å². The Labute approximate surface area is 122 Å². The van der Waals surface area contributed by atoms with E-state index in [0.717, 1.165) is 19.5 Å². The quantitative estimate of drug-likeness (QED) is 0.867. The first-order valence-electron chi connectivity index (χ1n) is 6.61. The van der Waals surface area contributed by atoms with Gasteiger partial charge in [0.15, 0.2) is 0 Å². The molecule has 1 heterocycles. The number of carbonyl (C=O) groups is 1. The minimum Gasteiger partial charge on any atom is -0.468 e. The van der Waals surface area contributed by atoms with E-state index >= 15 is 0 Å². The van der Waals surface area contributed by atoms with Crippen molar-refractivity contribution in [1.29, 1.82) is 0 Å². The number of methoxy groups -OCH3 is 1. The van der Waals surface area contributed by atoms with E-state index in [4.69, 9.17) is 16.3 Å². The number of halogens is 2. The molecule has 0 spiro atoms. The van der Waals surface area contributed by atoms with Crippen LogP contribution in [0.25, 0.3) is 0 Å². The Morgan fingerprint density at radius 3 is 3.00 bits per heavy atom. The van der Waals surface area contributed by atoms with Crippen LogP contribution in [0.2, 0.25) is 5.02 Å². The smallest absolute Gasteiger partial charge is 0.327 e. The molecule has 1 aromatic rings. The first-order chi connectivity index (χ1) is 9.63. The van der Waals surface area contributed by atoms with E-state index in [1.807, 2.05) is 4.90 Å². The molecule has 1 N–H and O–H groups in total. The fourth-order valence-corrected chi connectivity index (χ4v) is 2.61. The lowest BCUT2D eigenvalue weighted by Crippen LogP contribution is -2.37. The molecule has 1 aromatic carbocycles. The third-order valence-corrected chi connectivity index (χ3v) is 3.65. The van der Waals surface area contributed by atoms with E-state index in [-0.39, 0.29) is 5.56 Å². The fourth-order valence-electron chi connectivity index (χ4n) is 2.43. The summed E-state index contributed by atoms with van der Waals surface area (Å²) in [6, 6.07) is 3.50. The molecule has 1 saturated heterocycles. The third-order valence-electron chi connectivity index (χ3n) is 3.42. The molecule has 1 fully saturated rings. The lowest BCUT2D eigenvalue weighted by atomic mass is 10.0. The summed E-state index contributed by atoms with van der Waals surface area (Å²) < 4.78 is 18.9. The van der Waals surface area contributed by atoms with Gasteiger partial charge in [-0.3, -0.25) is 4.90 Å². The van der Waals surface area contributed by atoms with Crippen LogP contribution in [0.15, 0.2) is 18.2 Å². The maximum atomic E-state index is 14.1. The molecule has 0 aliphatic carbocycles. The van der Waals surface area contributed by atoms with E-state index in [9.17, 15) is 9.18 Å². The second-order valence-electron chi connectivity index (χ2n) is 4.73. The highest BCUT2D eigenvalue weighted by Crippen LogP contribution is 2.27. The molecule has 1 atom stereocenters. The van der Waals surface area contributed by atoms with Crippen LogP contribution in [0.5, 0.6) is 0 Å². The molecule has 0 radical (unpaired) electrons. The number of ether oxygens (including phenoxy) is 1. The van der Waals surface area contributed by atoms with Gasteiger partial charge < -0.3 is 10.1 Å². The summed E-state index contributed by atoms with van der Waals surface area (Å²) in [6.07, 6.45) is 0.898. The monoisotopic (exact) mass is 300 g/mol. The van der Waals surface area contributed by atoms with Gasteiger partial charge in [0.25, 0.3) is 0 Å². The highest BCUT2D eigenvalue weighted by molar-refractivity contribution is 6.30. The third kappa shape index (κ3) is 3.48. The Kier molecular flexibility index (Phi) is 5.34. The van der Waals surface area contributed by atoms with Crippen LogP contribution < -0.4 is 5.32 Å². The SMILES string of the molecule is COC(=O)C(c1cc(Cl)ccc1F)N1CCCNCC1. The normalized spacial score (nSPS) is 18.4. The Hall–Kier alpha value is -1.17. The van der Waals surface area contributed by atoms with Gasteiger partial charge in [0.2, 0.25) is 0 Å². The number of hydrogen-bond donors (Lipinski definition) is 1. The predicted molar refractivity (Wildman–Crippen MR) is 75.2 cm³/mol. The highest BCUT2D eigenvalue weighted by Gasteiger charge is 2.31. The van der Waals surface area contributed by atoms with Gasteiger partial charge in [-0.1, -0.05) is 11.6 Å². The Balaban J connectivity index is 2.35. The molecule has 1 aliphatic rings. The summed E-state index contributed by atoms with van der Waals surface area (Å²) in [4.78, 5) is 14.0. The minimum absolute atomic E-state index is 0.270. The van der Waals surface area contributed by atoms with Crippen molar-refractivity contribution in [2.24, 2.45) is 0 Å². The van der Waals surface area contributed by atoms with Gasteiger partial charge in [-0.2, -0.15) is 0 Å². The molecule has 1 aliphatic heterocycles. The van der Waals surface area contributed by atoms with Gasteiger partial charge in [-0.25, -0.2) is 9.18 Å². The predicted octanol–water partition coefficient (Wildman–Crippen LogP) is 1.99. The minimum atomic E-state index is -0.751. The Morgan fingerprint density at radius 2 is 2.25 bits per heavy atom. The molecule has 0 amide bonds. The Bertz CT molecular complexity index is 476. The summed E-state index contributed by atoms with van der Waals surface area (Å²) in [5.41, 5.74) is 0.270. The van der Waals surface area contributed by atoms with Crippen molar-refractivity contribution >= 4 is 17.6 Å². The first-order valence-corrected chi connectivity index (χ1v) is 6.99. The standard InChI is InChI=1S/C14H18ClFN2O2/c1-20-14(19)13(18-7-2-5-17-6-8-18)11-9-10(15)3-4-12(11)16/h3-4,9,13,17H,2,5-8H2,1H3. The first kappa shape index (κ1) is 15.2. The maximum Gasteiger partial charge on any atom is 0.327 e. The molecule has 110 valence electrons. The van der Waals surface area contributed by atoms with Gasteiger partial charge in [-0.05, 0) is 31.2 Å². The average Bonchev–Trinajstić information content (AvgIpc) is 2.72. The molecule has 0 aromatic heterocycles. The average molecular weight is 301 g/mol. The summed E-state index contributed by atoms with van der Waals surface area (Å²) in [7, 11) is 1.31. The van der Waals surface area contributed by atoms with Crippen LogP contribution in [-0.4, -0.2) is 44.2 Å². The van der Waals surface area contributed by atoms with Crippen LogP contribution in [0.4, 0.5) is 4.39 Å². The zero-order valence-corrected chi connectivity index (χ0v) is 12.1. The lowest BCUT2D eigenvalue weighted by Gasteiger charge is -2.28. The summed E-state index contributed by atoms with van der Waals surface area (Å²) in [5, 5.41) is 3.66. The van der Waals surface area contributed by atoms with Gasteiger partial charge in [0.05, 0.1) is 7.11 Å². The molecule has 20 heavy (non-hydrogen) atoms. The van der Waals surface area contributed by atoms with E-state index in [2.05, 4.69) is 5.32 Å². The molecule has 0 bridgehead atoms. The summed E-state index contributed by atoms with van der Waals surface area (Å²) in [6.45, 7) is 3.02. The van der Waals surface area contributed by atoms with Crippen LogP contribution in [0, 0.1) is 5.82 Å². The van der Waals surface area contributed by atoms with E-state index in [1.54, 1.807) is 0 Å². The van der Waals surface area contributed by atoms with Gasteiger partial charge >= 0.3 is 5.97 Å². The zero-order chi connectivity index (χ0) is 14.5. The van der Waals surface area contributed by atoms with Crippen molar-refractivity contribution in [1.82, 2.24) is 10.2 Å². The van der Waals surface area contributed by atoms with Crippen LogP contribution in [0.3, 0.4) is 0 Å². The number of benzene rings is 1. The number of hydrogen-bond acceptors (Lipinski definition) is 4. The van der Waals surface area contributed by atoms with Crippen LogP contribution in [-0.2, 0) is 9.53 Å².